The van der Waals surface area contributed by atoms with E-state index >= 15 is 0 Å². The molecule has 1 unspecified atom stereocenters. The third-order valence-corrected chi connectivity index (χ3v) is 1.65. The molecule has 2 aliphatic heterocycles. The Balaban J connectivity index is 2.25. The summed E-state index contributed by atoms with van der Waals surface area (Å²) in [5.41, 5.74) is 0.756. The first-order valence-electron chi connectivity index (χ1n) is 3.17. The van der Waals surface area contributed by atoms with Gasteiger partial charge < -0.3 is 5.21 Å². The largest absolute Gasteiger partial charge is 0.711 e. The van der Waals surface area contributed by atoms with E-state index in [9.17, 15) is 5.21 Å². The molecule has 5 nitrogen and oxygen atoms in total. The van der Waals surface area contributed by atoms with E-state index in [1.165, 1.54) is 6.34 Å². The minimum absolute atomic E-state index is 0.0706. The summed E-state index contributed by atoms with van der Waals surface area (Å²) in [5.74, 6) is 0. The lowest BCUT2D eigenvalue weighted by molar-refractivity contribution is -0.312. The maximum atomic E-state index is 10.9. The van der Waals surface area contributed by atoms with E-state index in [-0.39, 0.29) is 6.17 Å². The average Bonchev–Trinajstić information content (AvgIpc) is 2.34. The van der Waals surface area contributed by atoms with Crippen molar-refractivity contribution in [1.29, 1.82) is 0 Å². The van der Waals surface area contributed by atoms with Crippen LogP contribution in [0.3, 0.4) is 0 Å². The van der Waals surface area contributed by atoms with Gasteiger partial charge in [-0.05, 0) is 0 Å². The first kappa shape index (κ1) is 5.82. The zero-order valence-electron chi connectivity index (χ0n) is 5.37. The van der Waals surface area contributed by atoms with Gasteiger partial charge in [0, 0.05) is 6.67 Å². The van der Waals surface area contributed by atoms with Crippen molar-refractivity contribution in [2.45, 2.75) is 6.17 Å². The molecule has 0 spiro atoms. The van der Waals surface area contributed by atoms with Gasteiger partial charge in [-0.15, -0.1) is 0 Å². The molecule has 2 heterocycles. The number of rotatable bonds is 0. The zero-order chi connectivity index (χ0) is 6.97. The maximum absolute atomic E-state index is 10.9. The number of fused-ring (bicyclic) bond motifs is 1. The van der Waals surface area contributed by atoms with Crippen molar-refractivity contribution < 1.29 is 4.74 Å². The minimum atomic E-state index is -0.0706. The van der Waals surface area contributed by atoms with Crippen molar-refractivity contribution in [3.8, 4) is 0 Å². The second kappa shape index (κ2) is 2.03. The van der Waals surface area contributed by atoms with Crippen LogP contribution in [0.15, 0.2) is 4.99 Å². The van der Waals surface area contributed by atoms with E-state index in [4.69, 9.17) is 0 Å². The highest BCUT2D eigenvalue weighted by molar-refractivity contribution is 5.92. The van der Waals surface area contributed by atoms with Crippen LogP contribution in [-0.2, 0) is 0 Å². The van der Waals surface area contributed by atoms with Gasteiger partial charge in [-0.3, -0.25) is 10.6 Å². The topological polar surface area (TPSA) is 62.5 Å². The molecule has 0 radical (unpaired) electrons. The number of nitrogens with one attached hydrogen (secondary N) is 2. The fourth-order valence-corrected chi connectivity index (χ4v) is 1.11. The lowest BCUT2D eigenvalue weighted by Gasteiger charge is -2.16. The van der Waals surface area contributed by atoms with E-state index in [1.54, 1.807) is 0 Å². The summed E-state index contributed by atoms with van der Waals surface area (Å²) < 4.78 is 0.809. The number of nitrogens with zero attached hydrogens (tertiary/aromatic N) is 2. The second-order valence-corrected chi connectivity index (χ2v) is 2.29. The Labute approximate surface area is 58.0 Å². The summed E-state index contributed by atoms with van der Waals surface area (Å²) in [4.78, 5) is 3.94. The summed E-state index contributed by atoms with van der Waals surface area (Å²) in [6.45, 7) is 1.36. The van der Waals surface area contributed by atoms with Gasteiger partial charge in [0.2, 0.25) is 0 Å². The third kappa shape index (κ3) is 0.714. The summed E-state index contributed by atoms with van der Waals surface area (Å²) in [6, 6.07) is 0. The molecule has 54 valence electrons. The summed E-state index contributed by atoms with van der Waals surface area (Å²) in [5, 5.41) is 16.9. The molecule has 0 aromatic heterocycles. The lowest BCUT2D eigenvalue weighted by atomic mass is 10.3. The standard InChI is InChI=1S/C5H8N4O/c10-9-3-8-5-4(9)1-6-2-7-5/h3,5-7H,1-2H2. The first-order valence-corrected chi connectivity index (χ1v) is 3.17. The van der Waals surface area contributed by atoms with Gasteiger partial charge >= 0.3 is 0 Å². The highest BCUT2D eigenvalue weighted by atomic mass is 16.5. The average molecular weight is 140 g/mol. The minimum Gasteiger partial charge on any atom is -0.711 e. The summed E-state index contributed by atoms with van der Waals surface area (Å²) in [7, 11) is 0. The molecule has 0 aromatic carbocycles. The van der Waals surface area contributed by atoms with Crippen LogP contribution in [0, 0.1) is 5.21 Å². The van der Waals surface area contributed by atoms with Crippen LogP contribution in [0.1, 0.15) is 0 Å². The van der Waals surface area contributed by atoms with Crippen LogP contribution in [0.2, 0.25) is 0 Å². The van der Waals surface area contributed by atoms with Gasteiger partial charge in [-0.2, -0.15) is 0 Å². The van der Waals surface area contributed by atoms with E-state index in [1.807, 2.05) is 0 Å². The molecule has 0 aromatic rings. The van der Waals surface area contributed by atoms with Crippen LogP contribution in [0.5, 0.6) is 0 Å². The molecule has 1 atom stereocenters. The Morgan fingerprint density at radius 2 is 2.70 bits per heavy atom. The SMILES string of the molecule is [O-][N+]1=C2CNCNC2N=C1. The number of hydroxylamine groups is 1. The molecule has 0 bridgehead atoms. The fraction of sp³-hybridized carbons (Fsp3) is 0.600. The summed E-state index contributed by atoms with van der Waals surface area (Å²) in [6.07, 6.45) is 1.23. The van der Waals surface area contributed by atoms with Gasteiger partial charge in [0.15, 0.2) is 5.71 Å². The molecule has 2 aliphatic rings. The highest BCUT2D eigenvalue weighted by Crippen LogP contribution is 1.99. The Hall–Kier alpha value is -0.940. The normalized spacial score (nSPS) is 31.0. The Bertz CT molecular complexity index is 210. The zero-order valence-corrected chi connectivity index (χ0v) is 5.37. The molecule has 0 saturated carbocycles. The van der Waals surface area contributed by atoms with Gasteiger partial charge in [0.25, 0.3) is 12.5 Å². The van der Waals surface area contributed by atoms with E-state index in [0.717, 1.165) is 17.1 Å². The van der Waals surface area contributed by atoms with E-state index < -0.39 is 0 Å². The molecule has 0 amide bonds. The predicted octanol–water partition coefficient (Wildman–Crippen LogP) is -1.54. The maximum Gasteiger partial charge on any atom is 0.285 e. The van der Waals surface area contributed by atoms with Crippen molar-refractivity contribution in [1.82, 2.24) is 10.6 Å². The number of aliphatic imine (C=N–C) groups is 1. The van der Waals surface area contributed by atoms with E-state index in [0.29, 0.717) is 6.54 Å². The van der Waals surface area contributed by atoms with Crippen LogP contribution in [-0.4, -0.2) is 36.2 Å². The van der Waals surface area contributed by atoms with Gasteiger partial charge in [-0.1, -0.05) is 4.99 Å². The van der Waals surface area contributed by atoms with Crippen LogP contribution in [0.4, 0.5) is 0 Å². The van der Waals surface area contributed by atoms with Crippen molar-refractivity contribution in [3.63, 3.8) is 0 Å². The molecule has 2 N–H and O–H groups in total. The third-order valence-electron chi connectivity index (χ3n) is 1.65. The molecule has 5 heteroatoms. The molecular formula is C5H8N4O. The molecule has 1 fully saturated rings. The van der Waals surface area contributed by atoms with Crippen LogP contribution >= 0.6 is 0 Å². The highest BCUT2D eigenvalue weighted by Gasteiger charge is 2.29. The quantitative estimate of drug-likeness (QED) is 0.316. The molecule has 1 saturated heterocycles. The van der Waals surface area contributed by atoms with Gasteiger partial charge in [0.05, 0.1) is 6.54 Å². The van der Waals surface area contributed by atoms with Crippen LogP contribution < -0.4 is 10.6 Å². The molecule has 2 rings (SSSR count). The number of hydrogen-bond acceptors (Lipinski definition) is 4. The summed E-state index contributed by atoms with van der Waals surface area (Å²) >= 11 is 0. The van der Waals surface area contributed by atoms with Gasteiger partial charge in [0.1, 0.15) is 0 Å². The van der Waals surface area contributed by atoms with E-state index in [2.05, 4.69) is 15.6 Å². The van der Waals surface area contributed by atoms with Crippen molar-refractivity contribution in [2.24, 2.45) is 4.99 Å². The lowest BCUT2D eigenvalue weighted by Crippen LogP contribution is -2.51. The monoisotopic (exact) mass is 140 g/mol. The Morgan fingerprint density at radius 1 is 1.80 bits per heavy atom. The second-order valence-electron chi connectivity index (χ2n) is 2.29. The van der Waals surface area contributed by atoms with Crippen molar-refractivity contribution in [3.05, 3.63) is 5.21 Å². The molecule has 10 heavy (non-hydrogen) atoms. The smallest absolute Gasteiger partial charge is 0.285 e. The molecular weight excluding hydrogens is 132 g/mol. The number of hydrogen-bond donors (Lipinski definition) is 2. The van der Waals surface area contributed by atoms with Crippen molar-refractivity contribution in [2.75, 3.05) is 13.2 Å². The first-order chi connectivity index (χ1) is 4.88. The predicted molar refractivity (Wildman–Crippen MR) is 36.9 cm³/mol. The Kier molecular flexibility index (Phi) is 1.18. The van der Waals surface area contributed by atoms with Crippen molar-refractivity contribution >= 4 is 12.1 Å². The molecule has 0 aliphatic carbocycles. The Morgan fingerprint density at radius 3 is 3.50 bits per heavy atom. The van der Waals surface area contributed by atoms with Gasteiger partial charge in [-0.25, -0.2) is 4.74 Å². The van der Waals surface area contributed by atoms with Crippen LogP contribution in [0.25, 0.3) is 0 Å². The fourth-order valence-electron chi connectivity index (χ4n) is 1.11.